The van der Waals surface area contributed by atoms with Crippen molar-refractivity contribution in [3.63, 3.8) is 0 Å². The summed E-state index contributed by atoms with van der Waals surface area (Å²) >= 11 is 0. The summed E-state index contributed by atoms with van der Waals surface area (Å²) in [5.74, 6) is 0. The lowest BCUT2D eigenvalue weighted by Crippen LogP contribution is -2.41. The van der Waals surface area contributed by atoms with Crippen LogP contribution in [0.5, 0.6) is 0 Å². The molecule has 0 aromatic carbocycles. The summed E-state index contributed by atoms with van der Waals surface area (Å²) in [6, 6.07) is 0. The molecule has 0 aromatic heterocycles. The maximum atomic E-state index is 6.38. The Morgan fingerprint density at radius 2 is 0.629 bits per heavy atom. The number of hydrogen-bond acceptors (Lipinski definition) is 4. The summed E-state index contributed by atoms with van der Waals surface area (Å²) in [5, 5.41) is 0. The Kier molecular flexibility index (Phi) is 16.7. The molecule has 3 fully saturated rings. The minimum absolute atomic E-state index is 0.0807. The molecule has 1 aliphatic heterocycles. The summed E-state index contributed by atoms with van der Waals surface area (Å²) in [5.41, 5.74) is 0. The highest BCUT2D eigenvalue weighted by Crippen LogP contribution is 2.21. The van der Waals surface area contributed by atoms with Crippen molar-refractivity contribution >= 4 is 0 Å². The molecule has 1 saturated heterocycles. The Hall–Kier alpha value is -0.160. The monoisotopic (exact) mass is 494 g/mol. The van der Waals surface area contributed by atoms with Crippen molar-refractivity contribution in [2.45, 2.75) is 172 Å². The lowest BCUT2D eigenvalue weighted by atomic mass is 9.99. The van der Waals surface area contributed by atoms with Crippen LogP contribution in [-0.2, 0) is 18.9 Å². The summed E-state index contributed by atoms with van der Waals surface area (Å²) < 4.78 is 25.0. The first kappa shape index (κ1) is 29.4. The quantitative estimate of drug-likeness (QED) is 0.371. The summed E-state index contributed by atoms with van der Waals surface area (Å²) in [4.78, 5) is 0. The van der Waals surface area contributed by atoms with Gasteiger partial charge in [-0.1, -0.05) is 122 Å². The number of rotatable bonds is 6. The SMILES string of the molecule is C1CCCCCCC(OCC2COC(COC3CCCCCCCCCCC3)CO2)CCCCC1. The van der Waals surface area contributed by atoms with Crippen molar-refractivity contribution in [3.05, 3.63) is 0 Å². The van der Waals surface area contributed by atoms with Gasteiger partial charge in [0.05, 0.1) is 38.6 Å². The van der Waals surface area contributed by atoms with Gasteiger partial charge in [-0.05, 0) is 25.7 Å². The Labute approximate surface area is 217 Å². The van der Waals surface area contributed by atoms with E-state index >= 15 is 0 Å². The first-order chi connectivity index (χ1) is 17.4. The van der Waals surface area contributed by atoms with Crippen molar-refractivity contribution in [1.29, 1.82) is 0 Å². The highest BCUT2D eigenvalue weighted by atomic mass is 16.6. The van der Waals surface area contributed by atoms with E-state index in [1.165, 1.54) is 148 Å². The second-order valence-corrected chi connectivity index (χ2v) is 11.7. The van der Waals surface area contributed by atoms with Gasteiger partial charge in [0.25, 0.3) is 0 Å². The maximum absolute atomic E-state index is 6.38. The Bertz CT molecular complexity index is 451. The molecule has 3 rings (SSSR count). The Balaban J connectivity index is 1.28. The van der Waals surface area contributed by atoms with Crippen LogP contribution in [0, 0.1) is 0 Å². The van der Waals surface area contributed by atoms with Crippen LogP contribution >= 0.6 is 0 Å². The van der Waals surface area contributed by atoms with Crippen LogP contribution in [-0.4, -0.2) is 50.8 Å². The fraction of sp³-hybridized carbons (Fsp3) is 1.00. The average Bonchev–Trinajstić information content (AvgIpc) is 2.90. The van der Waals surface area contributed by atoms with Gasteiger partial charge in [0.2, 0.25) is 0 Å². The normalized spacial score (nSPS) is 29.1. The van der Waals surface area contributed by atoms with Gasteiger partial charge in [-0.15, -0.1) is 0 Å². The van der Waals surface area contributed by atoms with Gasteiger partial charge in [0.1, 0.15) is 12.2 Å². The molecule has 0 N–H and O–H groups in total. The van der Waals surface area contributed by atoms with Crippen LogP contribution in [0.2, 0.25) is 0 Å². The third kappa shape index (κ3) is 14.4. The van der Waals surface area contributed by atoms with Crippen molar-refractivity contribution in [3.8, 4) is 0 Å². The molecule has 2 atom stereocenters. The molecule has 2 aliphatic carbocycles. The molecule has 2 saturated carbocycles. The van der Waals surface area contributed by atoms with Gasteiger partial charge in [-0.2, -0.15) is 0 Å². The highest BCUT2D eigenvalue weighted by Gasteiger charge is 2.25. The van der Waals surface area contributed by atoms with Gasteiger partial charge in [0, 0.05) is 0 Å². The minimum atomic E-state index is 0.0807. The molecule has 0 radical (unpaired) electrons. The fourth-order valence-electron chi connectivity index (χ4n) is 6.02. The first-order valence-corrected chi connectivity index (χ1v) is 15.9. The summed E-state index contributed by atoms with van der Waals surface area (Å²) in [6.45, 7) is 2.65. The summed E-state index contributed by atoms with van der Waals surface area (Å²) in [6.07, 6.45) is 32.1. The Morgan fingerprint density at radius 3 is 0.886 bits per heavy atom. The number of ether oxygens (including phenoxy) is 4. The molecule has 0 spiro atoms. The van der Waals surface area contributed by atoms with Gasteiger partial charge in [-0.25, -0.2) is 0 Å². The van der Waals surface area contributed by atoms with E-state index in [4.69, 9.17) is 18.9 Å². The summed E-state index contributed by atoms with van der Waals surface area (Å²) in [7, 11) is 0. The van der Waals surface area contributed by atoms with E-state index < -0.39 is 0 Å². The molecule has 1 heterocycles. The van der Waals surface area contributed by atoms with Crippen LogP contribution < -0.4 is 0 Å². The second-order valence-electron chi connectivity index (χ2n) is 11.7. The van der Waals surface area contributed by atoms with Crippen LogP contribution in [0.4, 0.5) is 0 Å². The molecule has 4 nitrogen and oxygen atoms in total. The standard InChI is InChI=1S/C31H58O4/c1-2-5-9-13-17-21-28(20-16-12-8-4-1)32-24-30-26-35-31(27-34-30)25-33-29-22-18-14-10-6-3-7-11-15-19-23-29/h28-31H,1-27H2. The molecular formula is C31H58O4. The van der Waals surface area contributed by atoms with E-state index in [1.54, 1.807) is 0 Å². The largest absolute Gasteiger partial charge is 0.375 e. The molecule has 0 amide bonds. The zero-order valence-electron chi connectivity index (χ0n) is 23.0. The zero-order valence-corrected chi connectivity index (χ0v) is 23.0. The predicted octanol–water partition coefficient (Wildman–Crippen LogP) is 8.54. The van der Waals surface area contributed by atoms with Crippen LogP contribution in [0.3, 0.4) is 0 Å². The lowest BCUT2D eigenvalue weighted by molar-refractivity contribution is -0.177. The van der Waals surface area contributed by atoms with E-state index in [1.807, 2.05) is 0 Å². The predicted molar refractivity (Wildman–Crippen MR) is 145 cm³/mol. The highest BCUT2D eigenvalue weighted by molar-refractivity contribution is 4.71. The average molecular weight is 495 g/mol. The molecule has 35 heavy (non-hydrogen) atoms. The molecule has 3 aliphatic rings. The van der Waals surface area contributed by atoms with E-state index in [-0.39, 0.29) is 12.2 Å². The van der Waals surface area contributed by atoms with Gasteiger partial charge in [-0.3, -0.25) is 0 Å². The smallest absolute Gasteiger partial charge is 0.104 e. The van der Waals surface area contributed by atoms with Gasteiger partial charge < -0.3 is 18.9 Å². The van der Waals surface area contributed by atoms with Crippen LogP contribution in [0.1, 0.15) is 148 Å². The molecule has 206 valence electrons. The lowest BCUT2D eigenvalue weighted by Gasteiger charge is -2.31. The van der Waals surface area contributed by atoms with Crippen molar-refractivity contribution < 1.29 is 18.9 Å². The third-order valence-electron chi connectivity index (χ3n) is 8.43. The molecule has 2 unspecified atom stereocenters. The van der Waals surface area contributed by atoms with E-state index in [0.717, 1.165) is 0 Å². The van der Waals surface area contributed by atoms with Gasteiger partial charge in [0.15, 0.2) is 0 Å². The second kappa shape index (κ2) is 19.9. The van der Waals surface area contributed by atoms with Crippen LogP contribution in [0.15, 0.2) is 0 Å². The van der Waals surface area contributed by atoms with E-state index in [0.29, 0.717) is 38.6 Å². The molecule has 0 bridgehead atoms. The minimum Gasteiger partial charge on any atom is -0.375 e. The molecular weight excluding hydrogens is 436 g/mol. The van der Waals surface area contributed by atoms with E-state index in [9.17, 15) is 0 Å². The van der Waals surface area contributed by atoms with Crippen molar-refractivity contribution in [2.75, 3.05) is 26.4 Å². The molecule has 4 heteroatoms. The molecule has 0 aromatic rings. The number of hydrogen-bond donors (Lipinski definition) is 0. The maximum Gasteiger partial charge on any atom is 0.104 e. The van der Waals surface area contributed by atoms with E-state index in [2.05, 4.69) is 0 Å². The van der Waals surface area contributed by atoms with Crippen LogP contribution in [0.25, 0.3) is 0 Å². The van der Waals surface area contributed by atoms with Gasteiger partial charge >= 0.3 is 0 Å². The van der Waals surface area contributed by atoms with Crippen molar-refractivity contribution in [1.82, 2.24) is 0 Å². The topological polar surface area (TPSA) is 36.9 Å². The zero-order chi connectivity index (χ0) is 24.2. The Morgan fingerprint density at radius 1 is 0.371 bits per heavy atom. The first-order valence-electron chi connectivity index (χ1n) is 15.9. The fourth-order valence-corrected chi connectivity index (χ4v) is 6.02. The third-order valence-corrected chi connectivity index (χ3v) is 8.43. The van der Waals surface area contributed by atoms with Crippen molar-refractivity contribution in [2.24, 2.45) is 0 Å².